The van der Waals surface area contributed by atoms with Gasteiger partial charge in [0.15, 0.2) is 11.5 Å². The summed E-state index contributed by atoms with van der Waals surface area (Å²) in [4.78, 5) is 0. The summed E-state index contributed by atoms with van der Waals surface area (Å²) < 4.78 is 10.4. The maximum Gasteiger partial charge on any atom is 0.161 e. The summed E-state index contributed by atoms with van der Waals surface area (Å²) in [6.45, 7) is 4.18. The predicted octanol–water partition coefficient (Wildman–Crippen LogP) is 3.36. The molecule has 0 radical (unpaired) electrons. The first-order valence-corrected chi connectivity index (χ1v) is 5.79. The van der Waals surface area contributed by atoms with Gasteiger partial charge in [-0.2, -0.15) is 5.26 Å². The Bertz CT molecular complexity index is 409. The van der Waals surface area contributed by atoms with Gasteiger partial charge >= 0.3 is 0 Å². The molecule has 0 aliphatic rings. The topological polar surface area (TPSA) is 42.2 Å². The summed E-state index contributed by atoms with van der Waals surface area (Å²) in [6.07, 6.45) is 0.979. The molecule has 0 aromatic heterocycles. The minimum atomic E-state index is -0.0974. The number of hydrogen-bond acceptors (Lipinski definition) is 3. The summed E-state index contributed by atoms with van der Waals surface area (Å²) in [6, 6.07) is 8.03. The van der Waals surface area contributed by atoms with E-state index in [9.17, 15) is 5.26 Å². The van der Waals surface area contributed by atoms with Crippen LogP contribution in [0.15, 0.2) is 18.2 Å². The van der Waals surface area contributed by atoms with Crippen molar-refractivity contribution in [3.63, 3.8) is 0 Å². The third-order valence-corrected chi connectivity index (χ3v) is 3.12. The Hall–Kier alpha value is -1.69. The van der Waals surface area contributed by atoms with Crippen molar-refractivity contribution in [1.82, 2.24) is 0 Å². The van der Waals surface area contributed by atoms with E-state index in [4.69, 9.17) is 9.47 Å². The fraction of sp³-hybridized carbons (Fsp3) is 0.500. The van der Waals surface area contributed by atoms with Crippen molar-refractivity contribution in [1.29, 1.82) is 5.26 Å². The van der Waals surface area contributed by atoms with Crippen LogP contribution in [-0.2, 0) is 0 Å². The third-order valence-electron chi connectivity index (χ3n) is 3.12. The van der Waals surface area contributed by atoms with Crippen LogP contribution in [0.4, 0.5) is 0 Å². The minimum Gasteiger partial charge on any atom is -0.493 e. The van der Waals surface area contributed by atoms with Crippen molar-refractivity contribution >= 4 is 0 Å². The van der Waals surface area contributed by atoms with Gasteiger partial charge in [0.25, 0.3) is 0 Å². The van der Waals surface area contributed by atoms with Crippen molar-refractivity contribution in [2.45, 2.75) is 26.2 Å². The molecule has 0 saturated carbocycles. The van der Waals surface area contributed by atoms with Crippen molar-refractivity contribution < 1.29 is 9.47 Å². The Kier molecular flexibility index (Phi) is 4.84. The fourth-order valence-corrected chi connectivity index (χ4v) is 1.81. The smallest absolute Gasteiger partial charge is 0.161 e. The highest BCUT2D eigenvalue weighted by atomic mass is 16.5. The van der Waals surface area contributed by atoms with Crippen LogP contribution in [0.5, 0.6) is 11.5 Å². The van der Waals surface area contributed by atoms with Gasteiger partial charge in [-0.1, -0.05) is 26.3 Å². The molecule has 0 aliphatic carbocycles. The van der Waals surface area contributed by atoms with Crippen molar-refractivity contribution in [2.24, 2.45) is 5.92 Å². The Morgan fingerprint density at radius 2 is 1.88 bits per heavy atom. The molecular formula is C14H19NO2. The second-order valence-electron chi connectivity index (χ2n) is 4.11. The van der Waals surface area contributed by atoms with Crippen molar-refractivity contribution in [3.05, 3.63) is 23.8 Å². The van der Waals surface area contributed by atoms with Gasteiger partial charge in [0.1, 0.15) is 0 Å². The fourth-order valence-electron chi connectivity index (χ4n) is 1.81. The molecule has 0 spiro atoms. The molecule has 0 bridgehead atoms. The van der Waals surface area contributed by atoms with E-state index in [0.717, 1.165) is 12.0 Å². The number of hydrogen-bond donors (Lipinski definition) is 0. The quantitative estimate of drug-likeness (QED) is 0.783. The summed E-state index contributed by atoms with van der Waals surface area (Å²) in [5, 5.41) is 9.25. The monoisotopic (exact) mass is 233 g/mol. The third kappa shape index (κ3) is 2.91. The lowest BCUT2D eigenvalue weighted by atomic mass is 9.87. The molecule has 2 unspecified atom stereocenters. The number of ether oxygens (including phenoxy) is 2. The van der Waals surface area contributed by atoms with Crippen LogP contribution in [-0.4, -0.2) is 14.2 Å². The van der Waals surface area contributed by atoms with Gasteiger partial charge in [-0.15, -0.1) is 0 Å². The lowest BCUT2D eigenvalue weighted by molar-refractivity contribution is 0.354. The van der Waals surface area contributed by atoms with Crippen LogP contribution in [0.2, 0.25) is 0 Å². The number of rotatable bonds is 5. The molecule has 0 N–H and O–H groups in total. The molecule has 0 saturated heterocycles. The van der Waals surface area contributed by atoms with Crippen LogP contribution in [0, 0.1) is 17.2 Å². The van der Waals surface area contributed by atoms with E-state index >= 15 is 0 Å². The van der Waals surface area contributed by atoms with Crippen molar-refractivity contribution in [3.8, 4) is 17.6 Å². The van der Waals surface area contributed by atoms with Gasteiger partial charge in [0.2, 0.25) is 0 Å². The molecule has 17 heavy (non-hydrogen) atoms. The zero-order valence-corrected chi connectivity index (χ0v) is 10.9. The average molecular weight is 233 g/mol. The Labute approximate surface area is 103 Å². The summed E-state index contributed by atoms with van der Waals surface area (Å²) >= 11 is 0. The largest absolute Gasteiger partial charge is 0.493 e. The maximum absolute atomic E-state index is 9.25. The van der Waals surface area contributed by atoms with Crippen LogP contribution < -0.4 is 9.47 Å². The van der Waals surface area contributed by atoms with E-state index in [1.54, 1.807) is 14.2 Å². The normalized spacial score (nSPS) is 13.6. The molecule has 1 aromatic rings. The average Bonchev–Trinajstić information content (AvgIpc) is 2.38. The molecular weight excluding hydrogens is 214 g/mol. The molecule has 1 aromatic carbocycles. The maximum atomic E-state index is 9.25. The Morgan fingerprint density at radius 1 is 1.24 bits per heavy atom. The van der Waals surface area contributed by atoms with Gasteiger partial charge in [-0.05, 0) is 23.6 Å². The molecule has 3 heteroatoms. The van der Waals surface area contributed by atoms with E-state index in [2.05, 4.69) is 19.9 Å². The molecule has 3 nitrogen and oxygen atoms in total. The molecule has 0 aliphatic heterocycles. The molecule has 0 heterocycles. The van der Waals surface area contributed by atoms with E-state index in [0.29, 0.717) is 17.4 Å². The number of methoxy groups -OCH3 is 2. The lowest BCUT2D eigenvalue weighted by Crippen LogP contribution is -2.07. The summed E-state index contributed by atoms with van der Waals surface area (Å²) in [5.41, 5.74) is 0.986. The number of nitriles is 1. The molecule has 1 rings (SSSR count). The predicted molar refractivity (Wildman–Crippen MR) is 67.4 cm³/mol. The van der Waals surface area contributed by atoms with Gasteiger partial charge in [0, 0.05) is 0 Å². The minimum absolute atomic E-state index is 0.0974. The first-order valence-electron chi connectivity index (χ1n) is 5.79. The van der Waals surface area contributed by atoms with Crippen LogP contribution in [0.1, 0.15) is 31.7 Å². The van der Waals surface area contributed by atoms with Crippen LogP contribution >= 0.6 is 0 Å². The van der Waals surface area contributed by atoms with E-state index < -0.39 is 0 Å². The summed E-state index contributed by atoms with van der Waals surface area (Å²) in [7, 11) is 3.21. The van der Waals surface area contributed by atoms with Gasteiger partial charge in [-0.3, -0.25) is 0 Å². The summed E-state index contributed by atoms with van der Waals surface area (Å²) in [5.74, 6) is 1.60. The Balaban J connectivity index is 3.10. The number of nitrogens with zero attached hydrogens (tertiary/aromatic N) is 1. The standard InChI is InChI=1S/C14H19NO2/c1-5-10(2)12(9-15)11-6-7-13(16-3)14(8-11)17-4/h6-8,10,12H,5H2,1-4H3. The SMILES string of the molecule is CCC(C)C(C#N)c1ccc(OC)c(OC)c1. The molecule has 0 amide bonds. The van der Waals surface area contributed by atoms with E-state index in [-0.39, 0.29) is 5.92 Å². The highest BCUT2D eigenvalue weighted by Crippen LogP contribution is 2.33. The van der Waals surface area contributed by atoms with E-state index in [1.807, 2.05) is 18.2 Å². The molecule has 92 valence electrons. The Morgan fingerprint density at radius 3 is 2.35 bits per heavy atom. The first-order chi connectivity index (χ1) is 8.17. The second kappa shape index (κ2) is 6.15. The lowest BCUT2D eigenvalue weighted by Gasteiger charge is -2.17. The highest BCUT2D eigenvalue weighted by molar-refractivity contribution is 5.45. The van der Waals surface area contributed by atoms with Gasteiger partial charge in [-0.25, -0.2) is 0 Å². The van der Waals surface area contributed by atoms with Gasteiger partial charge in [0.05, 0.1) is 26.2 Å². The zero-order chi connectivity index (χ0) is 12.8. The first kappa shape index (κ1) is 13.4. The number of benzene rings is 1. The highest BCUT2D eigenvalue weighted by Gasteiger charge is 2.19. The zero-order valence-electron chi connectivity index (χ0n) is 10.9. The molecule has 2 atom stereocenters. The second-order valence-corrected chi connectivity index (χ2v) is 4.11. The van der Waals surface area contributed by atoms with Gasteiger partial charge < -0.3 is 9.47 Å². The molecule has 0 fully saturated rings. The van der Waals surface area contributed by atoms with Crippen LogP contribution in [0.25, 0.3) is 0 Å². The van der Waals surface area contributed by atoms with Crippen molar-refractivity contribution in [2.75, 3.05) is 14.2 Å². The van der Waals surface area contributed by atoms with E-state index in [1.165, 1.54) is 0 Å². The van der Waals surface area contributed by atoms with Crippen LogP contribution in [0.3, 0.4) is 0 Å².